The van der Waals surface area contributed by atoms with Crippen LogP contribution >= 0.6 is 11.6 Å². The molecule has 2 atom stereocenters. The summed E-state index contributed by atoms with van der Waals surface area (Å²) in [6.07, 6.45) is 0.624. The molecule has 1 saturated heterocycles. The van der Waals surface area contributed by atoms with Crippen LogP contribution in [0.25, 0.3) is 0 Å². The lowest BCUT2D eigenvalue weighted by Gasteiger charge is -2.26. The zero-order valence-electron chi connectivity index (χ0n) is 13.3. The van der Waals surface area contributed by atoms with Crippen LogP contribution in [0.1, 0.15) is 38.8 Å². The molecule has 1 amide bonds. The lowest BCUT2D eigenvalue weighted by Crippen LogP contribution is -2.38. The molecule has 1 aromatic rings. The number of nitrogens with one attached hydrogen (secondary N) is 1. The van der Waals surface area contributed by atoms with E-state index in [-0.39, 0.29) is 18.1 Å². The van der Waals surface area contributed by atoms with Gasteiger partial charge in [-0.1, -0.05) is 23.7 Å². The summed E-state index contributed by atoms with van der Waals surface area (Å²) in [5.41, 5.74) is 3.46. The van der Waals surface area contributed by atoms with Crippen molar-refractivity contribution < 1.29 is 9.53 Å². The predicted molar refractivity (Wildman–Crippen MR) is 87.4 cm³/mol. The van der Waals surface area contributed by atoms with Gasteiger partial charge in [-0.05, 0) is 50.8 Å². The molecular weight excluding hydrogens is 302 g/mol. The Morgan fingerprint density at radius 1 is 1.41 bits per heavy atom. The number of benzene rings is 1. The summed E-state index contributed by atoms with van der Waals surface area (Å²) in [6, 6.07) is 7.61. The summed E-state index contributed by atoms with van der Waals surface area (Å²) in [4.78, 5) is 13.9. The molecule has 6 heteroatoms. The standard InChI is InChI=1S/C16H24ClN3O2/c1-16(2,3)22-15(21)20-9-8-12(10-20)14(19-18)11-4-6-13(17)7-5-11/h4-7,12,14,19H,8-10,18H2,1-3H3. The number of hydrogen-bond donors (Lipinski definition) is 2. The van der Waals surface area contributed by atoms with E-state index in [4.69, 9.17) is 22.2 Å². The maximum Gasteiger partial charge on any atom is 0.410 e. The first kappa shape index (κ1) is 17.1. The Kier molecular flexibility index (Phi) is 5.32. The average molecular weight is 326 g/mol. The van der Waals surface area contributed by atoms with Gasteiger partial charge in [0, 0.05) is 18.1 Å². The summed E-state index contributed by atoms with van der Waals surface area (Å²) in [5, 5.41) is 0.696. The third kappa shape index (κ3) is 4.35. The molecule has 1 aliphatic heterocycles. The highest BCUT2D eigenvalue weighted by molar-refractivity contribution is 6.30. The lowest BCUT2D eigenvalue weighted by molar-refractivity contribution is 0.0285. The normalized spacial score (nSPS) is 20.0. The van der Waals surface area contributed by atoms with Crippen molar-refractivity contribution in [1.82, 2.24) is 10.3 Å². The Balaban J connectivity index is 2.01. The van der Waals surface area contributed by atoms with Gasteiger partial charge in [0.1, 0.15) is 5.60 Å². The van der Waals surface area contributed by atoms with Crippen molar-refractivity contribution in [3.05, 3.63) is 34.9 Å². The van der Waals surface area contributed by atoms with Gasteiger partial charge >= 0.3 is 6.09 Å². The van der Waals surface area contributed by atoms with Crippen molar-refractivity contribution in [1.29, 1.82) is 0 Å². The molecule has 1 aromatic carbocycles. The highest BCUT2D eigenvalue weighted by Crippen LogP contribution is 2.31. The van der Waals surface area contributed by atoms with Gasteiger partial charge in [0.2, 0.25) is 0 Å². The number of nitrogens with zero attached hydrogens (tertiary/aromatic N) is 1. The largest absolute Gasteiger partial charge is 0.444 e. The zero-order valence-corrected chi connectivity index (χ0v) is 14.1. The molecule has 3 N–H and O–H groups in total. The molecule has 0 aliphatic carbocycles. The summed E-state index contributed by atoms with van der Waals surface area (Å²) < 4.78 is 5.42. The van der Waals surface area contributed by atoms with Crippen LogP contribution in [0.2, 0.25) is 5.02 Å². The molecule has 2 rings (SSSR count). The van der Waals surface area contributed by atoms with Crippen LogP contribution < -0.4 is 11.3 Å². The topological polar surface area (TPSA) is 67.6 Å². The van der Waals surface area contributed by atoms with E-state index in [1.165, 1.54) is 0 Å². The molecule has 122 valence electrons. The summed E-state index contributed by atoms with van der Waals surface area (Å²) >= 11 is 5.92. The highest BCUT2D eigenvalue weighted by atomic mass is 35.5. The van der Waals surface area contributed by atoms with Crippen LogP contribution in [0, 0.1) is 5.92 Å². The van der Waals surface area contributed by atoms with Crippen LogP contribution in [-0.4, -0.2) is 29.7 Å². The number of carbonyl (C=O) groups excluding carboxylic acids is 1. The van der Waals surface area contributed by atoms with Crippen LogP contribution in [0.3, 0.4) is 0 Å². The predicted octanol–water partition coefficient (Wildman–Crippen LogP) is 3.10. The zero-order chi connectivity index (χ0) is 16.3. The Labute approximate surface area is 136 Å². The molecule has 0 bridgehead atoms. The number of rotatable bonds is 3. The molecular formula is C16H24ClN3O2. The Bertz CT molecular complexity index is 513. The fourth-order valence-corrected chi connectivity index (χ4v) is 2.85. The van der Waals surface area contributed by atoms with Gasteiger partial charge in [-0.25, -0.2) is 4.79 Å². The van der Waals surface area contributed by atoms with E-state index in [0.717, 1.165) is 12.0 Å². The van der Waals surface area contributed by atoms with E-state index in [9.17, 15) is 4.79 Å². The highest BCUT2D eigenvalue weighted by Gasteiger charge is 2.34. The molecule has 5 nitrogen and oxygen atoms in total. The van der Waals surface area contributed by atoms with Gasteiger partial charge in [0.05, 0.1) is 6.04 Å². The van der Waals surface area contributed by atoms with Crippen LogP contribution in [0.5, 0.6) is 0 Å². The maximum absolute atomic E-state index is 12.1. The van der Waals surface area contributed by atoms with Gasteiger partial charge in [-0.3, -0.25) is 11.3 Å². The van der Waals surface area contributed by atoms with Crippen LogP contribution in [0.4, 0.5) is 4.79 Å². The van der Waals surface area contributed by atoms with E-state index in [0.29, 0.717) is 18.1 Å². The molecule has 2 unspecified atom stereocenters. The number of hydrazine groups is 1. The smallest absolute Gasteiger partial charge is 0.410 e. The van der Waals surface area contributed by atoms with Gasteiger partial charge in [0.15, 0.2) is 0 Å². The van der Waals surface area contributed by atoms with Crippen molar-refractivity contribution in [2.75, 3.05) is 13.1 Å². The second kappa shape index (κ2) is 6.86. The molecule has 0 aromatic heterocycles. The monoisotopic (exact) mass is 325 g/mol. The summed E-state index contributed by atoms with van der Waals surface area (Å²) in [6.45, 7) is 6.93. The van der Waals surface area contributed by atoms with E-state index in [1.54, 1.807) is 4.90 Å². The quantitative estimate of drug-likeness (QED) is 0.662. The number of ether oxygens (including phenoxy) is 1. The van der Waals surface area contributed by atoms with E-state index in [2.05, 4.69) is 5.43 Å². The number of amides is 1. The lowest BCUT2D eigenvalue weighted by atomic mass is 9.93. The molecule has 0 radical (unpaired) electrons. The van der Waals surface area contributed by atoms with Gasteiger partial charge in [-0.15, -0.1) is 0 Å². The number of likely N-dealkylation sites (tertiary alicyclic amines) is 1. The van der Waals surface area contributed by atoms with Crippen molar-refractivity contribution in [2.24, 2.45) is 11.8 Å². The van der Waals surface area contributed by atoms with Crippen molar-refractivity contribution in [3.8, 4) is 0 Å². The minimum atomic E-state index is -0.475. The molecule has 1 aliphatic rings. The van der Waals surface area contributed by atoms with Crippen molar-refractivity contribution in [2.45, 2.75) is 38.8 Å². The Morgan fingerprint density at radius 2 is 2.05 bits per heavy atom. The Hall–Kier alpha value is -1.30. The fraction of sp³-hybridized carbons (Fsp3) is 0.562. The first-order valence-corrected chi connectivity index (χ1v) is 7.87. The number of halogens is 1. The van der Waals surface area contributed by atoms with Crippen LogP contribution in [0.15, 0.2) is 24.3 Å². The third-order valence-electron chi connectivity index (χ3n) is 3.76. The first-order valence-electron chi connectivity index (χ1n) is 7.49. The molecule has 0 saturated carbocycles. The SMILES string of the molecule is CC(C)(C)OC(=O)N1CCC(C(NN)c2ccc(Cl)cc2)C1. The van der Waals surface area contributed by atoms with E-state index >= 15 is 0 Å². The summed E-state index contributed by atoms with van der Waals surface area (Å²) in [7, 11) is 0. The van der Waals surface area contributed by atoms with Crippen molar-refractivity contribution in [3.63, 3.8) is 0 Å². The third-order valence-corrected chi connectivity index (χ3v) is 4.01. The van der Waals surface area contributed by atoms with Gasteiger partial charge in [-0.2, -0.15) is 0 Å². The average Bonchev–Trinajstić information content (AvgIpc) is 2.89. The number of carbonyl (C=O) groups is 1. The van der Waals surface area contributed by atoms with Gasteiger partial charge < -0.3 is 9.64 Å². The molecule has 1 heterocycles. The first-order chi connectivity index (χ1) is 10.3. The number of nitrogens with two attached hydrogens (primary N) is 1. The molecule has 22 heavy (non-hydrogen) atoms. The maximum atomic E-state index is 12.1. The fourth-order valence-electron chi connectivity index (χ4n) is 2.73. The second-order valence-electron chi connectivity index (χ2n) is 6.67. The minimum absolute atomic E-state index is 0.00953. The minimum Gasteiger partial charge on any atom is -0.444 e. The summed E-state index contributed by atoms with van der Waals surface area (Å²) in [5.74, 6) is 5.98. The van der Waals surface area contributed by atoms with E-state index in [1.807, 2.05) is 45.0 Å². The van der Waals surface area contributed by atoms with Crippen molar-refractivity contribution >= 4 is 17.7 Å². The molecule has 1 fully saturated rings. The number of hydrogen-bond acceptors (Lipinski definition) is 4. The second-order valence-corrected chi connectivity index (χ2v) is 7.11. The molecule has 0 spiro atoms. The Morgan fingerprint density at radius 3 is 2.59 bits per heavy atom. The van der Waals surface area contributed by atoms with Crippen LogP contribution in [-0.2, 0) is 4.74 Å². The van der Waals surface area contributed by atoms with Gasteiger partial charge in [0.25, 0.3) is 0 Å². The van der Waals surface area contributed by atoms with E-state index < -0.39 is 5.60 Å².